The topological polar surface area (TPSA) is 90.7 Å². The van der Waals surface area contributed by atoms with Gasteiger partial charge >= 0.3 is 0 Å². The van der Waals surface area contributed by atoms with Gasteiger partial charge in [-0.2, -0.15) is 4.98 Å². The molecular weight excluding hydrogens is 270 g/mol. The third-order valence-electron chi connectivity index (χ3n) is 2.96. The van der Waals surface area contributed by atoms with Crippen molar-refractivity contribution < 1.29 is 0 Å². The molecule has 0 amide bonds. The van der Waals surface area contributed by atoms with E-state index in [0.29, 0.717) is 11.7 Å². The van der Waals surface area contributed by atoms with E-state index in [1.54, 1.807) is 18.0 Å². The van der Waals surface area contributed by atoms with Crippen LogP contribution in [0.4, 0.5) is 11.8 Å². The molecule has 0 bridgehead atoms. The molecule has 0 saturated carbocycles. The van der Waals surface area contributed by atoms with Crippen molar-refractivity contribution in [1.82, 2.24) is 15.0 Å². The minimum absolute atomic E-state index is 0.194. The van der Waals surface area contributed by atoms with Crippen molar-refractivity contribution in [2.45, 2.75) is 42.9 Å². The standard InChI is InChI=1S/C14H19N5S/c1-4-9-5-11(10(6-17-9)8(2)3)20-12-7-18-14(16)19-13(12)15/h5-8H,4H2,1-3H3,(H4,15,16,18,19). The lowest BCUT2D eigenvalue weighted by Crippen LogP contribution is -2.01. The first-order valence-electron chi connectivity index (χ1n) is 6.56. The Balaban J connectivity index is 2.40. The molecule has 4 N–H and O–H groups in total. The zero-order valence-corrected chi connectivity index (χ0v) is 12.7. The van der Waals surface area contributed by atoms with E-state index in [9.17, 15) is 0 Å². The predicted octanol–water partition coefficient (Wildman–Crippen LogP) is 2.87. The Morgan fingerprint density at radius 2 is 1.90 bits per heavy atom. The smallest absolute Gasteiger partial charge is 0.221 e. The molecule has 2 rings (SSSR count). The number of nitrogen functional groups attached to an aromatic ring is 2. The quantitative estimate of drug-likeness (QED) is 0.899. The van der Waals surface area contributed by atoms with E-state index in [0.717, 1.165) is 21.9 Å². The minimum atomic E-state index is 0.194. The first-order valence-corrected chi connectivity index (χ1v) is 7.37. The zero-order chi connectivity index (χ0) is 14.7. The van der Waals surface area contributed by atoms with Crippen molar-refractivity contribution in [2.24, 2.45) is 0 Å². The zero-order valence-electron chi connectivity index (χ0n) is 11.9. The Morgan fingerprint density at radius 3 is 2.50 bits per heavy atom. The maximum Gasteiger partial charge on any atom is 0.221 e. The largest absolute Gasteiger partial charge is 0.383 e. The molecule has 0 atom stereocenters. The molecule has 2 heterocycles. The average molecular weight is 289 g/mol. The summed E-state index contributed by atoms with van der Waals surface area (Å²) in [5, 5.41) is 0. The molecule has 0 aromatic carbocycles. The molecule has 2 aromatic rings. The summed E-state index contributed by atoms with van der Waals surface area (Å²) in [6.07, 6.45) is 4.51. The van der Waals surface area contributed by atoms with Crippen molar-refractivity contribution in [1.29, 1.82) is 0 Å². The number of nitrogens with zero attached hydrogens (tertiary/aromatic N) is 3. The van der Waals surface area contributed by atoms with Crippen LogP contribution < -0.4 is 11.5 Å². The molecule has 0 radical (unpaired) electrons. The highest BCUT2D eigenvalue weighted by Crippen LogP contribution is 2.36. The molecule has 2 aromatic heterocycles. The lowest BCUT2D eigenvalue weighted by molar-refractivity contribution is 0.823. The van der Waals surface area contributed by atoms with Gasteiger partial charge in [0.2, 0.25) is 5.95 Å². The van der Waals surface area contributed by atoms with Crippen LogP contribution in [0, 0.1) is 0 Å². The summed E-state index contributed by atoms with van der Waals surface area (Å²) in [6, 6.07) is 2.11. The van der Waals surface area contributed by atoms with E-state index >= 15 is 0 Å². The number of aromatic nitrogens is 3. The van der Waals surface area contributed by atoms with Crippen LogP contribution in [-0.4, -0.2) is 15.0 Å². The second kappa shape index (κ2) is 6.09. The molecule has 0 fully saturated rings. The fourth-order valence-electron chi connectivity index (χ4n) is 1.80. The summed E-state index contributed by atoms with van der Waals surface area (Å²) in [7, 11) is 0. The fraction of sp³-hybridized carbons (Fsp3) is 0.357. The summed E-state index contributed by atoms with van der Waals surface area (Å²) in [5.41, 5.74) is 13.7. The SMILES string of the molecule is CCc1cc(Sc2cnc(N)nc2N)c(C(C)C)cn1. The van der Waals surface area contributed by atoms with Crippen LogP contribution >= 0.6 is 11.8 Å². The number of hydrogen-bond donors (Lipinski definition) is 2. The maximum atomic E-state index is 5.90. The lowest BCUT2D eigenvalue weighted by atomic mass is 10.1. The van der Waals surface area contributed by atoms with Crippen LogP contribution in [0.1, 0.15) is 37.9 Å². The van der Waals surface area contributed by atoms with Crippen LogP contribution in [0.15, 0.2) is 28.3 Å². The third-order valence-corrected chi connectivity index (χ3v) is 4.07. The average Bonchev–Trinajstić information content (AvgIpc) is 2.41. The molecule has 6 heteroatoms. The first-order chi connectivity index (χ1) is 9.51. The van der Waals surface area contributed by atoms with E-state index in [4.69, 9.17) is 11.5 Å². The number of rotatable bonds is 4. The molecule has 0 unspecified atom stereocenters. The van der Waals surface area contributed by atoms with Crippen LogP contribution in [-0.2, 0) is 6.42 Å². The number of hydrogen-bond acceptors (Lipinski definition) is 6. The summed E-state index contributed by atoms with van der Waals surface area (Å²) >= 11 is 1.56. The number of aryl methyl sites for hydroxylation is 1. The monoisotopic (exact) mass is 289 g/mol. The van der Waals surface area contributed by atoms with Crippen molar-refractivity contribution in [3.8, 4) is 0 Å². The van der Waals surface area contributed by atoms with Gasteiger partial charge in [0, 0.05) is 23.0 Å². The Hall–Kier alpha value is -1.82. The van der Waals surface area contributed by atoms with Gasteiger partial charge in [0.1, 0.15) is 5.82 Å². The van der Waals surface area contributed by atoms with Crippen LogP contribution in [0.2, 0.25) is 0 Å². The molecule has 0 aliphatic carbocycles. The van der Waals surface area contributed by atoms with Gasteiger partial charge < -0.3 is 11.5 Å². The maximum absolute atomic E-state index is 5.90. The van der Waals surface area contributed by atoms with Crippen molar-refractivity contribution in [3.05, 3.63) is 29.7 Å². The molecule has 20 heavy (non-hydrogen) atoms. The third kappa shape index (κ3) is 3.19. The number of anilines is 2. The summed E-state index contributed by atoms with van der Waals surface area (Å²) in [4.78, 5) is 14.4. The number of pyridine rings is 1. The second-order valence-corrected chi connectivity index (χ2v) is 5.89. The summed E-state index contributed by atoms with van der Waals surface area (Å²) < 4.78 is 0. The van der Waals surface area contributed by atoms with E-state index in [-0.39, 0.29) is 5.95 Å². The Bertz CT molecular complexity index is 613. The summed E-state index contributed by atoms with van der Waals surface area (Å²) in [5.74, 6) is 0.999. The van der Waals surface area contributed by atoms with Gasteiger partial charge in [-0.1, -0.05) is 32.5 Å². The molecule has 0 saturated heterocycles. The highest BCUT2D eigenvalue weighted by atomic mass is 32.2. The molecule has 106 valence electrons. The van der Waals surface area contributed by atoms with Crippen LogP contribution in [0.25, 0.3) is 0 Å². The molecule has 0 aliphatic rings. The minimum Gasteiger partial charge on any atom is -0.383 e. The Kier molecular flexibility index (Phi) is 4.44. The highest BCUT2D eigenvalue weighted by Gasteiger charge is 2.12. The molecule has 0 aliphatic heterocycles. The van der Waals surface area contributed by atoms with Gasteiger partial charge in [0.25, 0.3) is 0 Å². The summed E-state index contributed by atoms with van der Waals surface area (Å²) in [6.45, 7) is 6.39. The predicted molar refractivity (Wildman–Crippen MR) is 82.7 cm³/mol. The van der Waals surface area contributed by atoms with E-state index in [2.05, 4.69) is 41.8 Å². The molecule has 0 spiro atoms. The van der Waals surface area contributed by atoms with Gasteiger partial charge in [-0.3, -0.25) is 4.98 Å². The van der Waals surface area contributed by atoms with E-state index in [1.165, 1.54) is 5.56 Å². The lowest BCUT2D eigenvalue weighted by Gasteiger charge is -2.13. The Morgan fingerprint density at radius 1 is 1.15 bits per heavy atom. The Labute approximate surface area is 123 Å². The fourth-order valence-corrected chi connectivity index (χ4v) is 2.89. The van der Waals surface area contributed by atoms with Crippen LogP contribution in [0.5, 0.6) is 0 Å². The van der Waals surface area contributed by atoms with Crippen molar-refractivity contribution >= 4 is 23.5 Å². The van der Waals surface area contributed by atoms with E-state index in [1.807, 2.05) is 6.20 Å². The van der Waals surface area contributed by atoms with Crippen molar-refractivity contribution in [2.75, 3.05) is 11.5 Å². The molecular formula is C14H19N5S. The highest BCUT2D eigenvalue weighted by molar-refractivity contribution is 7.99. The number of nitrogens with two attached hydrogens (primary N) is 2. The van der Waals surface area contributed by atoms with E-state index < -0.39 is 0 Å². The van der Waals surface area contributed by atoms with Crippen molar-refractivity contribution in [3.63, 3.8) is 0 Å². The second-order valence-electron chi connectivity index (χ2n) is 4.80. The van der Waals surface area contributed by atoms with Gasteiger partial charge in [-0.25, -0.2) is 4.98 Å². The van der Waals surface area contributed by atoms with Crippen LogP contribution in [0.3, 0.4) is 0 Å². The van der Waals surface area contributed by atoms with Gasteiger partial charge in [-0.05, 0) is 24.0 Å². The molecule has 5 nitrogen and oxygen atoms in total. The normalized spacial score (nSPS) is 11.0. The van der Waals surface area contributed by atoms with Gasteiger partial charge in [0.15, 0.2) is 0 Å². The van der Waals surface area contributed by atoms with Gasteiger partial charge in [-0.15, -0.1) is 0 Å². The van der Waals surface area contributed by atoms with Gasteiger partial charge in [0.05, 0.1) is 4.90 Å². The first kappa shape index (κ1) is 14.6.